The molecule has 4 rings (SSSR count). The van der Waals surface area contributed by atoms with E-state index in [1.54, 1.807) is 26.0 Å². The first-order valence-corrected chi connectivity index (χ1v) is 10.1. The van der Waals surface area contributed by atoms with Crippen LogP contribution in [0.5, 0.6) is 11.5 Å². The molecule has 7 heteroatoms. The summed E-state index contributed by atoms with van der Waals surface area (Å²) in [6, 6.07) is 12.2. The molecular formula is C21H22N4O2S. The van der Waals surface area contributed by atoms with Crippen LogP contribution in [0.2, 0.25) is 0 Å². The third-order valence-electron chi connectivity index (χ3n) is 4.87. The highest BCUT2D eigenvalue weighted by atomic mass is 32.2. The topological polar surface area (TPSA) is 62.1 Å². The lowest BCUT2D eigenvalue weighted by molar-refractivity contribution is 0.354. The van der Waals surface area contributed by atoms with Gasteiger partial charge >= 0.3 is 0 Å². The van der Waals surface area contributed by atoms with E-state index in [1.165, 1.54) is 0 Å². The Morgan fingerprint density at radius 3 is 2.54 bits per heavy atom. The highest BCUT2D eigenvalue weighted by Gasteiger charge is 2.15. The Balaban J connectivity index is 1.67. The fourth-order valence-corrected chi connectivity index (χ4v) is 4.24. The predicted molar refractivity (Wildman–Crippen MR) is 112 cm³/mol. The maximum Gasteiger partial charge on any atom is 0.211 e. The van der Waals surface area contributed by atoms with Gasteiger partial charge in [0.25, 0.3) is 0 Å². The largest absolute Gasteiger partial charge is 0.493 e. The van der Waals surface area contributed by atoms with E-state index in [0.29, 0.717) is 5.16 Å². The number of para-hydroxylation sites is 1. The summed E-state index contributed by atoms with van der Waals surface area (Å²) < 4.78 is 13.0. The van der Waals surface area contributed by atoms with Crippen molar-refractivity contribution < 1.29 is 9.47 Å². The SMILES string of the molecule is CCn1c2ccccc2c2nnc(SCc3cc(OC)c(OC)cc3C)nc21. The Hall–Kier alpha value is -2.80. The van der Waals surface area contributed by atoms with Gasteiger partial charge in [-0.05, 0) is 43.2 Å². The van der Waals surface area contributed by atoms with Crippen molar-refractivity contribution in [2.24, 2.45) is 0 Å². The number of hydrogen-bond donors (Lipinski definition) is 0. The van der Waals surface area contributed by atoms with Gasteiger partial charge in [0.15, 0.2) is 17.1 Å². The van der Waals surface area contributed by atoms with Gasteiger partial charge < -0.3 is 14.0 Å². The Bertz CT molecular complexity index is 1160. The van der Waals surface area contributed by atoms with Crippen LogP contribution in [0, 0.1) is 6.92 Å². The second-order valence-corrected chi connectivity index (χ2v) is 7.39. The van der Waals surface area contributed by atoms with Crippen LogP contribution in [0.25, 0.3) is 22.1 Å². The van der Waals surface area contributed by atoms with Gasteiger partial charge in [-0.25, -0.2) is 4.98 Å². The number of rotatable bonds is 6. The molecule has 2 aromatic carbocycles. The molecular weight excluding hydrogens is 372 g/mol. The summed E-state index contributed by atoms with van der Waals surface area (Å²) in [5.41, 5.74) is 5.17. The maximum absolute atomic E-state index is 5.42. The van der Waals surface area contributed by atoms with Crippen LogP contribution in [-0.4, -0.2) is 34.0 Å². The normalized spacial score (nSPS) is 11.3. The molecule has 0 aliphatic carbocycles. The average Bonchev–Trinajstić information content (AvgIpc) is 3.05. The van der Waals surface area contributed by atoms with Crippen LogP contribution in [0.1, 0.15) is 18.1 Å². The molecule has 4 aromatic rings. The monoisotopic (exact) mass is 394 g/mol. The molecule has 2 heterocycles. The number of aromatic nitrogens is 4. The van der Waals surface area contributed by atoms with E-state index in [4.69, 9.17) is 14.5 Å². The highest BCUT2D eigenvalue weighted by molar-refractivity contribution is 7.98. The number of nitrogens with zero attached hydrogens (tertiary/aromatic N) is 4. The van der Waals surface area contributed by atoms with Gasteiger partial charge in [0.2, 0.25) is 5.16 Å². The molecule has 144 valence electrons. The van der Waals surface area contributed by atoms with E-state index < -0.39 is 0 Å². The number of hydrogen-bond acceptors (Lipinski definition) is 6. The van der Waals surface area contributed by atoms with Gasteiger partial charge in [0, 0.05) is 17.7 Å². The summed E-state index contributed by atoms with van der Waals surface area (Å²) in [7, 11) is 3.29. The first kappa shape index (κ1) is 18.6. The molecule has 0 atom stereocenters. The van der Waals surface area contributed by atoms with E-state index in [0.717, 1.165) is 57.0 Å². The van der Waals surface area contributed by atoms with Crippen LogP contribution < -0.4 is 9.47 Å². The maximum atomic E-state index is 5.42. The summed E-state index contributed by atoms with van der Waals surface area (Å²) in [6.07, 6.45) is 0. The number of benzene rings is 2. The molecule has 0 aliphatic heterocycles. The Labute approximate surface area is 167 Å². The van der Waals surface area contributed by atoms with Gasteiger partial charge in [0.05, 0.1) is 19.7 Å². The smallest absolute Gasteiger partial charge is 0.211 e. The molecule has 2 aromatic heterocycles. The predicted octanol–water partition coefficient (Wildman–Crippen LogP) is 4.62. The van der Waals surface area contributed by atoms with E-state index in [1.807, 2.05) is 24.3 Å². The lowest BCUT2D eigenvalue weighted by atomic mass is 10.1. The standard InChI is InChI=1S/C21H22N4O2S/c1-5-25-16-9-7-6-8-15(16)19-20(25)22-21(24-23-19)28-12-14-11-18(27-4)17(26-3)10-13(14)2/h6-11H,5,12H2,1-4H3. The molecule has 0 bridgehead atoms. The van der Waals surface area contributed by atoms with Crippen molar-refractivity contribution in [3.63, 3.8) is 0 Å². The zero-order valence-corrected chi connectivity index (χ0v) is 17.2. The number of methoxy groups -OCH3 is 2. The molecule has 0 saturated heterocycles. The van der Waals surface area contributed by atoms with Crippen molar-refractivity contribution >= 4 is 33.8 Å². The van der Waals surface area contributed by atoms with Gasteiger partial charge in [-0.1, -0.05) is 30.0 Å². The summed E-state index contributed by atoms with van der Waals surface area (Å²) in [6.45, 7) is 5.02. The van der Waals surface area contributed by atoms with E-state index in [2.05, 4.69) is 40.7 Å². The fourth-order valence-electron chi connectivity index (χ4n) is 3.39. The van der Waals surface area contributed by atoms with Crippen molar-refractivity contribution in [3.8, 4) is 11.5 Å². The minimum absolute atomic E-state index is 0.666. The minimum atomic E-state index is 0.666. The number of ether oxygens (including phenoxy) is 2. The van der Waals surface area contributed by atoms with Gasteiger partial charge in [-0.15, -0.1) is 10.2 Å². The summed E-state index contributed by atoms with van der Waals surface area (Å²) in [4.78, 5) is 4.80. The molecule has 0 fully saturated rings. The molecule has 0 saturated carbocycles. The Morgan fingerprint density at radius 2 is 1.79 bits per heavy atom. The Morgan fingerprint density at radius 1 is 1.04 bits per heavy atom. The van der Waals surface area contributed by atoms with Crippen molar-refractivity contribution in [3.05, 3.63) is 47.5 Å². The van der Waals surface area contributed by atoms with E-state index >= 15 is 0 Å². The molecule has 0 radical (unpaired) electrons. The molecule has 28 heavy (non-hydrogen) atoms. The first-order valence-electron chi connectivity index (χ1n) is 9.12. The summed E-state index contributed by atoms with van der Waals surface area (Å²) in [5, 5.41) is 10.6. The lowest BCUT2D eigenvalue weighted by Crippen LogP contribution is -1.99. The summed E-state index contributed by atoms with van der Waals surface area (Å²) in [5.74, 6) is 2.19. The van der Waals surface area contributed by atoms with Crippen molar-refractivity contribution in [1.82, 2.24) is 19.7 Å². The number of aryl methyl sites for hydroxylation is 2. The molecule has 0 N–H and O–H groups in total. The van der Waals surface area contributed by atoms with Crippen molar-refractivity contribution in [2.75, 3.05) is 14.2 Å². The van der Waals surface area contributed by atoms with Crippen LogP contribution in [0.4, 0.5) is 0 Å². The lowest BCUT2D eigenvalue weighted by Gasteiger charge is -2.12. The molecule has 0 unspecified atom stereocenters. The third-order valence-corrected chi connectivity index (χ3v) is 5.76. The van der Waals surface area contributed by atoms with Crippen molar-refractivity contribution in [1.29, 1.82) is 0 Å². The number of thioether (sulfide) groups is 1. The second-order valence-electron chi connectivity index (χ2n) is 6.45. The van der Waals surface area contributed by atoms with Crippen LogP contribution in [0.15, 0.2) is 41.6 Å². The molecule has 0 spiro atoms. The fraction of sp³-hybridized carbons (Fsp3) is 0.286. The zero-order valence-electron chi connectivity index (χ0n) is 16.4. The molecule has 0 aliphatic rings. The highest BCUT2D eigenvalue weighted by Crippen LogP contribution is 2.33. The van der Waals surface area contributed by atoms with Gasteiger partial charge in [-0.2, -0.15) is 0 Å². The Kier molecular flexibility index (Phi) is 5.09. The van der Waals surface area contributed by atoms with Crippen molar-refractivity contribution in [2.45, 2.75) is 31.3 Å². The van der Waals surface area contributed by atoms with E-state index in [9.17, 15) is 0 Å². The van der Waals surface area contributed by atoms with Gasteiger partial charge in [-0.3, -0.25) is 0 Å². The van der Waals surface area contributed by atoms with E-state index in [-0.39, 0.29) is 0 Å². The minimum Gasteiger partial charge on any atom is -0.493 e. The second kappa shape index (κ2) is 7.67. The average molecular weight is 395 g/mol. The quantitative estimate of drug-likeness (QED) is 0.445. The van der Waals surface area contributed by atoms with Crippen LogP contribution in [0.3, 0.4) is 0 Å². The van der Waals surface area contributed by atoms with Crippen LogP contribution >= 0.6 is 11.8 Å². The molecule has 6 nitrogen and oxygen atoms in total. The van der Waals surface area contributed by atoms with Crippen LogP contribution in [-0.2, 0) is 12.3 Å². The molecule has 0 amide bonds. The third kappa shape index (κ3) is 3.16. The first-order chi connectivity index (χ1) is 13.7. The number of fused-ring (bicyclic) bond motifs is 3. The zero-order chi connectivity index (χ0) is 19.7. The summed E-state index contributed by atoms with van der Waals surface area (Å²) >= 11 is 1.57. The van der Waals surface area contributed by atoms with Gasteiger partial charge in [0.1, 0.15) is 5.52 Å².